The zero-order chi connectivity index (χ0) is 16.1. The summed E-state index contributed by atoms with van der Waals surface area (Å²) >= 11 is 0. The van der Waals surface area contributed by atoms with Crippen LogP contribution in [0.2, 0.25) is 18.1 Å². The van der Waals surface area contributed by atoms with Gasteiger partial charge in [-0.15, -0.1) is 0 Å². The summed E-state index contributed by atoms with van der Waals surface area (Å²) in [5.41, 5.74) is 0.244. The summed E-state index contributed by atoms with van der Waals surface area (Å²) in [6.07, 6.45) is 7.44. The molecule has 0 saturated heterocycles. The molecule has 21 heavy (non-hydrogen) atoms. The van der Waals surface area contributed by atoms with Gasteiger partial charge in [0.15, 0.2) is 8.32 Å². The van der Waals surface area contributed by atoms with Crippen molar-refractivity contribution < 1.29 is 9.53 Å². The fourth-order valence-corrected chi connectivity index (χ4v) is 3.97. The van der Waals surface area contributed by atoms with E-state index >= 15 is 0 Å². The van der Waals surface area contributed by atoms with Crippen molar-refractivity contribution in [2.45, 2.75) is 90.5 Å². The normalized spacial score (nSPS) is 19.4. The number of rotatable bonds is 6. The van der Waals surface area contributed by atoms with E-state index in [9.17, 15) is 0 Å². The minimum Gasteiger partial charge on any atom is -0.403 e. The van der Waals surface area contributed by atoms with Gasteiger partial charge in [-0.3, -0.25) is 0 Å². The fraction of sp³-hybridized carbons (Fsp3) is 0.889. The van der Waals surface area contributed by atoms with Crippen LogP contribution in [0, 0.1) is 17.3 Å². The van der Waals surface area contributed by atoms with E-state index in [1.165, 1.54) is 38.5 Å². The fourth-order valence-electron chi connectivity index (χ4n) is 2.72. The maximum atomic E-state index is 9.09. The van der Waals surface area contributed by atoms with Crippen LogP contribution in [-0.2, 0) is 4.43 Å². The molecule has 1 aliphatic carbocycles. The highest BCUT2D eigenvalue weighted by Gasteiger charge is 2.48. The first kappa shape index (κ1) is 18.7. The van der Waals surface area contributed by atoms with E-state index in [1.54, 1.807) is 0 Å². The lowest BCUT2D eigenvalue weighted by atomic mass is 9.62. The molecule has 0 amide bonds. The van der Waals surface area contributed by atoms with Crippen LogP contribution in [0.5, 0.6) is 0 Å². The molecule has 0 spiro atoms. The first-order valence-corrected chi connectivity index (χ1v) is 11.4. The van der Waals surface area contributed by atoms with Crippen LogP contribution >= 0.6 is 0 Å². The number of hydrogen-bond donors (Lipinski definition) is 1. The molecule has 1 N–H and O–H groups in total. The summed E-state index contributed by atoms with van der Waals surface area (Å²) in [5.74, 6) is 6.14. The second-order valence-corrected chi connectivity index (χ2v) is 12.8. The first-order valence-electron chi connectivity index (χ1n) is 8.45. The van der Waals surface area contributed by atoms with Gasteiger partial charge in [-0.1, -0.05) is 58.8 Å². The average Bonchev–Trinajstić information content (AvgIpc) is 2.32. The molecule has 1 atom stereocenters. The minimum atomic E-state index is -1.83. The Morgan fingerprint density at radius 1 is 1.29 bits per heavy atom. The number of aliphatic hydroxyl groups excluding tert-OH is 1. The minimum absolute atomic E-state index is 0.00541. The summed E-state index contributed by atoms with van der Waals surface area (Å²) in [5, 5.41) is 9.28. The van der Waals surface area contributed by atoms with Gasteiger partial charge in [0.2, 0.25) is 0 Å². The topological polar surface area (TPSA) is 29.5 Å². The monoisotopic (exact) mass is 310 g/mol. The van der Waals surface area contributed by atoms with Crippen LogP contribution in [0.4, 0.5) is 0 Å². The summed E-state index contributed by atoms with van der Waals surface area (Å²) in [7, 11) is -1.83. The molecule has 1 aliphatic rings. The van der Waals surface area contributed by atoms with Gasteiger partial charge < -0.3 is 9.53 Å². The number of unbranched alkanes of at least 4 members (excludes halogenated alkanes) is 1. The van der Waals surface area contributed by atoms with Gasteiger partial charge in [-0.2, -0.15) is 0 Å². The lowest BCUT2D eigenvalue weighted by Gasteiger charge is -2.50. The Bertz CT molecular complexity index is 380. The lowest BCUT2D eigenvalue weighted by molar-refractivity contribution is -0.00123. The Morgan fingerprint density at radius 2 is 1.90 bits per heavy atom. The zero-order valence-corrected chi connectivity index (χ0v) is 15.9. The Kier molecular flexibility index (Phi) is 6.52. The largest absolute Gasteiger partial charge is 0.403 e. The highest BCUT2D eigenvalue weighted by molar-refractivity contribution is 6.74. The van der Waals surface area contributed by atoms with E-state index in [0.717, 1.165) is 0 Å². The Hall–Kier alpha value is -0.303. The maximum Gasteiger partial charge on any atom is 0.193 e. The van der Waals surface area contributed by atoms with Crippen LogP contribution in [0.3, 0.4) is 0 Å². The van der Waals surface area contributed by atoms with Gasteiger partial charge in [0.05, 0.1) is 0 Å². The van der Waals surface area contributed by atoms with Crippen LogP contribution in [0.1, 0.15) is 66.2 Å². The predicted octanol–water partition coefficient (Wildman–Crippen LogP) is 4.73. The van der Waals surface area contributed by atoms with Gasteiger partial charge in [0, 0.05) is 5.41 Å². The van der Waals surface area contributed by atoms with Gasteiger partial charge >= 0.3 is 0 Å². The Balaban J connectivity index is 2.95. The van der Waals surface area contributed by atoms with Crippen molar-refractivity contribution in [2.75, 3.05) is 6.61 Å². The van der Waals surface area contributed by atoms with E-state index in [4.69, 9.17) is 9.53 Å². The van der Waals surface area contributed by atoms with Crippen molar-refractivity contribution in [3.05, 3.63) is 0 Å². The first-order chi connectivity index (χ1) is 9.68. The summed E-state index contributed by atoms with van der Waals surface area (Å²) in [6.45, 7) is 13.6. The SMILES string of the molecule is CCCCC1(C(C#CCO)O[Si](C)(C)C(C)(C)C)CCC1. The van der Waals surface area contributed by atoms with Gasteiger partial charge in [-0.25, -0.2) is 0 Å². The van der Waals surface area contributed by atoms with E-state index < -0.39 is 8.32 Å². The van der Waals surface area contributed by atoms with Crippen LogP contribution in [-0.4, -0.2) is 26.1 Å². The van der Waals surface area contributed by atoms with Crippen molar-refractivity contribution in [3.8, 4) is 11.8 Å². The third-order valence-corrected chi connectivity index (χ3v) is 9.90. The van der Waals surface area contributed by atoms with Crippen molar-refractivity contribution >= 4 is 8.32 Å². The summed E-state index contributed by atoms with van der Waals surface area (Å²) in [4.78, 5) is 0. The predicted molar refractivity (Wildman–Crippen MR) is 92.7 cm³/mol. The second-order valence-electron chi connectivity index (χ2n) is 8.06. The molecule has 0 heterocycles. The third-order valence-electron chi connectivity index (χ3n) is 5.46. The molecule has 0 aromatic rings. The Morgan fingerprint density at radius 3 is 2.29 bits per heavy atom. The molecule has 1 fully saturated rings. The smallest absolute Gasteiger partial charge is 0.193 e. The van der Waals surface area contributed by atoms with Crippen molar-refractivity contribution in [1.29, 1.82) is 0 Å². The van der Waals surface area contributed by atoms with Gasteiger partial charge in [-0.05, 0) is 37.4 Å². The van der Waals surface area contributed by atoms with Crippen LogP contribution < -0.4 is 0 Å². The van der Waals surface area contributed by atoms with Crippen molar-refractivity contribution in [3.63, 3.8) is 0 Å². The molecular formula is C18H34O2Si. The van der Waals surface area contributed by atoms with Crippen LogP contribution in [0.15, 0.2) is 0 Å². The lowest BCUT2D eigenvalue weighted by Crippen LogP contribution is -2.51. The Labute approximate surface area is 132 Å². The molecule has 1 saturated carbocycles. The molecule has 1 unspecified atom stereocenters. The molecular weight excluding hydrogens is 276 g/mol. The van der Waals surface area contributed by atoms with Crippen LogP contribution in [0.25, 0.3) is 0 Å². The van der Waals surface area contributed by atoms with E-state index in [0.29, 0.717) is 0 Å². The van der Waals surface area contributed by atoms with E-state index in [1.807, 2.05) is 0 Å². The third kappa shape index (κ3) is 4.58. The van der Waals surface area contributed by atoms with E-state index in [2.05, 4.69) is 52.6 Å². The second kappa shape index (κ2) is 7.31. The quantitative estimate of drug-likeness (QED) is 0.567. The maximum absolute atomic E-state index is 9.09. The zero-order valence-electron chi connectivity index (χ0n) is 14.9. The highest BCUT2D eigenvalue weighted by Crippen LogP contribution is 2.51. The molecule has 0 aliphatic heterocycles. The molecule has 0 aromatic heterocycles. The van der Waals surface area contributed by atoms with Crippen molar-refractivity contribution in [2.24, 2.45) is 5.41 Å². The standard InChI is InChI=1S/C18H34O2Si/c1-7-8-12-18(13-10-14-18)16(11-9-15-19)20-21(5,6)17(2,3)4/h16,19H,7-8,10,12-15H2,1-6H3. The molecule has 0 aromatic carbocycles. The van der Waals surface area contributed by atoms with Crippen molar-refractivity contribution in [1.82, 2.24) is 0 Å². The molecule has 0 bridgehead atoms. The number of hydrogen-bond acceptors (Lipinski definition) is 2. The summed E-state index contributed by atoms with van der Waals surface area (Å²) < 4.78 is 6.66. The van der Waals surface area contributed by atoms with Gasteiger partial charge in [0.1, 0.15) is 12.7 Å². The number of aliphatic hydroxyl groups is 1. The molecule has 3 heteroatoms. The van der Waals surface area contributed by atoms with Gasteiger partial charge in [0.25, 0.3) is 0 Å². The molecule has 122 valence electrons. The highest BCUT2D eigenvalue weighted by atomic mass is 28.4. The van der Waals surface area contributed by atoms with E-state index in [-0.39, 0.29) is 23.2 Å². The summed E-state index contributed by atoms with van der Waals surface area (Å²) in [6, 6.07) is 0. The molecule has 1 rings (SSSR count). The molecule has 0 radical (unpaired) electrons. The average molecular weight is 311 g/mol. The molecule has 2 nitrogen and oxygen atoms in total.